The van der Waals surface area contributed by atoms with Crippen molar-refractivity contribution >= 4 is 28.4 Å². The van der Waals surface area contributed by atoms with Crippen LogP contribution in [0.15, 0.2) is 53.1 Å². The predicted molar refractivity (Wildman–Crippen MR) is 104 cm³/mol. The molecular weight excluding hydrogens is 342 g/mol. The maximum atomic E-state index is 11.1. The molecule has 1 aromatic heterocycles. The lowest BCUT2D eigenvalue weighted by molar-refractivity contribution is -0.148. The first-order valence-electron chi connectivity index (χ1n) is 9.28. The lowest BCUT2D eigenvalue weighted by atomic mass is 10.1. The quantitative estimate of drug-likeness (QED) is 0.687. The van der Waals surface area contributed by atoms with Crippen LogP contribution >= 0.6 is 0 Å². The van der Waals surface area contributed by atoms with Crippen LogP contribution in [0.3, 0.4) is 0 Å². The molecule has 1 saturated heterocycles. The van der Waals surface area contributed by atoms with Crippen LogP contribution in [-0.4, -0.2) is 35.2 Å². The minimum atomic E-state index is -0.196. The van der Waals surface area contributed by atoms with Gasteiger partial charge in [-0.05, 0) is 31.0 Å². The number of benzene rings is 2. The number of anilines is 2. The molecule has 0 saturated carbocycles. The molecule has 1 aliphatic rings. The Balaban J connectivity index is 1.46. The highest BCUT2D eigenvalue weighted by atomic mass is 16.5. The van der Waals surface area contributed by atoms with Crippen molar-refractivity contribution in [1.29, 1.82) is 0 Å². The summed E-state index contributed by atoms with van der Waals surface area (Å²) in [6.07, 6.45) is 1.78. The Morgan fingerprint density at radius 2 is 1.96 bits per heavy atom. The smallest absolute Gasteiger partial charge is 0.302 e. The molecule has 27 heavy (non-hydrogen) atoms. The second-order valence-corrected chi connectivity index (χ2v) is 6.90. The van der Waals surface area contributed by atoms with Crippen molar-refractivity contribution in [3.63, 3.8) is 0 Å². The van der Waals surface area contributed by atoms with E-state index in [1.54, 1.807) is 0 Å². The van der Waals surface area contributed by atoms with Crippen LogP contribution in [0, 0.1) is 0 Å². The zero-order valence-corrected chi connectivity index (χ0v) is 15.4. The van der Waals surface area contributed by atoms with Crippen LogP contribution in [-0.2, 0) is 16.1 Å². The van der Waals surface area contributed by atoms with Crippen molar-refractivity contribution in [3.8, 4) is 0 Å². The first kappa shape index (κ1) is 17.5. The summed E-state index contributed by atoms with van der Waals surface area (Å²) in [6, 6.07) is 16.1. The molecule has 2 heterocycles. The van der Waals surface area contributed by atoms with Gasteiger partial charge in [-0.3, -0.25) is 9.69 Å². The lowest BCUT2D eigenvalue weighted by Crippen LogP contribution is -2.37. The second kappa shape index (κ2) is 7.80. The maximum Gasteiger partial charge on any atom is 0.302 e. The van der Waals surface area contributed by atoms with Crippen molar-refractivity contribution in [1.82, 2.24) is 10.1 Å². The number of nitrogens with zero attached hydrogens (tertiary/aromatic N) is 2. The highest BCUT2D eigenvalue weighted by Crippen LogP contribution is 2.29. The Morgan fingerprint density at radius 1 is 1.19 bits per heavy atom. The van der Waals surface area contributed by atoms with Crippen LogP contribution in [0.25, 0.3) is 11.0 Å². The number of carbonyl (C=O) groups is 1. The summed E-state index contributed by atoms with van der Waals surface area (Å²) in [6.45, 7) is 4.07. The van der Waals surface area contributed by atoms with Gasteiger partial charge in [0.2, 0.25) is 0 Å². The van der Waals surface area contributed by atoms with Gasteiger partial charge in [-0.15, -0.1) is 0 Å². The van der Waals surface area contributed by atoms with Crippen molar-refractivity contribution in [2.45, 2.75) is 32.4 Å². The molecule has 0 spiro atoms. The van der Waals surface area contributed by atoms with Gasteiger partial charge >= 0.3 is 5.97 Å². The molecule has 1 fully saturated rings. The van der Waals surface area contributed by atoms with Gasteiger partial charge in [0.1, 0.15) is 6.10 Å². The number of hydrogen-bond acceptors (Lipinski definition) is 6. The topological polar surface area (TPSA) is 67.6 Å². The van der Waals surface area contributed by atoms with Crippen LogP contribution in [0.2, 0.25) is 0 Å². The third-order valence-electron chi connectivity index (χ3n) is 4.88. The van der Waals surface area contributed by atoms with Gasteiger partial charge in [0, 0.05) is 37.8 Å². The number of ether oxygens (including phenoxy) is 1. The van der Waals surface area contributed by atoms with E-state index in [2.05, 4.69) is 21.4 Å². The van der Waals surface area contributed by atoms with Gasteiger partial charge in [-0.25, -0.2) is 0 Å². The number of fused-ring (bicyclic) bond motifs is 1. The molecule has 6 nitrogen and oxygen atoms in total. The Bertz CT molecular complexity index is 915. The Kier molecular flexibility index (Phi) is 5.07. The fraction of sp³-hybridized carbons (Fsp3) is 0.333. The molecule has 0 aliphatic carbocycles. The lowest BCUT2D eigenvalue weighted by Gasteiger charge is -2.31. The van der Waals surface area contributed by atoms with Crippen LogP contribution in [0.1, 0.15) is 25.3 Å². The molecule has 0 unspecified atom stereocenters. The van der Waals surface area contributed by atoms with Crippen molar-refractivity contribution in [3.05, 3.63) is 54.1 Å². The number of likely N-dealkylation sites (tertiary alicyclic amines) is 1. The average Bonchev–Trinajstić information content (AvgIpc) is 3.08. The fourth-order valence-corrected chi connectivity index (χ4v) is 3.55. The number of nitrogens with one attached hydrogen (secondary N) is 1. The van der Waals surface area contributed by atoms with E-state index in [9.17, 15) is 4.79 Å². The number of carbonyl (C=O) groups excluding carboxylic acids is 1. The van der Waals surface area contributed by atoms with E-state index in [0.717, 1.165) is 60.5 Å². The zero-order chi connectivity index (χ0) is 18.6. The van der Waals surface area contributed by atoms with Gasteiger partial charge in [0.15, 0.2) is 11.4 Å². The summed E-state index contributed by atoms with van der Waals surface area (Å²) >= 11 is 0. The number of hydrogen-bond donors (Lipinski definition) is 1. The molecule has 2 aromatic carbocycles. The summed E-state index contributed by atoms with van der Waals surface area (Å²) in [5, 5.41) is 8.52. The number of rotatable bonds is 5. The standard InChI is InChI=1S/C21H23N3O3/c1-15(25)26-18-10-12-24(13-11-18)14-16-6-5-9-19-20(16)27-23-21(19)22-17-7-3-2-4-8-17/h2-9,18H,10-14H2,1H3,(H,22,23). The van der Waals surface area contributed by atoms with E-state index in [-0.39, 0.29) is 12.1 Å². The van der Waals surface area contributed by atoms with E-state index < -0.39 is 0 Å². The van der Waals surface area contributed by atoms with Gasteiger partial charge < -0.3 is 14.6 Å². The third kappa shape index (κ3) is 4.11. The van der Waals surface area contributed by atoms with E-state index in [0.29, 0.717) is 0 Å². The normalized spacial score (nSPS) is 15.7. The van der Waals surface area contributed by atoms with Gasteiger partial charge in [0.25, 0.3) is 0 Å². The van der Waals surface area contributed by atoms with Crippen molar-refractivity contribution < 1.29 is 14.1 Å². The molecule has 0 radical (unpaired) electrons. The van der Waals surface area contributed by atoms with E-state index in [1.165, 1.54) is 6.92 Å². The number of para-hydroxylation sites is 2. The summed E-state index contributed by atoms with van der Waals surface area (Å²) in [4.78, 5) is 13.5. The molecule has 4 rings (SSSR count). The SMILES string of the molecule is CC(=O)OC1CCN(Cc2cccc3c(Nc4ccccc4)noc23)CC1. The molecule has 1 aliphatic heterocycles. The molecule has 0 atom stereocenters. The van der Waals surface area contributed by atoms with Crippen LogP contribution < -0.4 is 5.32 Å². The monoisotopic (exact) mass is 365 g/mol. The minimum absolute atomic E-state index is 0.0431. The predicted octanol–water partition coefficient (Wildman–Crippen LogP) is 4.10. The fourth-order valence-electron chi connectivity index (χ4n) is 3.55. The molecule has 3 aromatic rings. The van der Waals surface area contributed by atoms with E-state index in [4.69, 9.17) is 9.26 Å². The third-order valence-corrected chi connectivity index (χ3v) is 4.88. The molecule has 0 bridgehead atoms. The van der Waals surface area contributed by atoms with E-state index in [1.807, 2.05) is 42.5 Å². The molecule has 140 valence electrons. The Morgan fingerprint density at radius 3 is 2.70 bits per heavy atom. The summed E-state index contributed by atoms with van der Waals surface area (Å²) in [5.41, 5.74) is 2.91. The molecular formula is C21H23N3O3. The van der Waals surface area contributed by atoms with Gasteiger partial charge in [-0.2, -0.15) is 0 Å². The second-order valence-electron chi connectivity index (χ2n) is 6.90. The van der Waals surface area contributed by atoms with Crippen molar-refractivity contribution in [2.75, 3.05) is 18.4 Å². The zero-order valence-electron chi connectivity index (χ0n) is 15.4. The number of esters is 1. The first-order chi connectivity index (χ1) is 13.2. The highest BCUT2D eigenvalue weighted by molar-refractivity contribution is 5.91. The summed E-state index contributed by atoms with van der Waals surface area (Å²) < 4.78 is 11.0. The number of aromatic nitrogens is 1. The molecule has 1 N–H and O–H groups in total. The van der Waals surface area contributed by atoms with E-state index >= 15 is 0 Å². The maximum absolute atomic E-state index is 11.1. The summed E-state index contributed by atoms with van der Waals surface area (Å²) in [5.74, 6) is 0.532. The number of piperidine rings is 1. The Labute approximate surface area is 158 Å². The molecule has 0 amide bonds. The molecule has 6 heteroatoms. The Hall–Kier alpha value is -2.86. The first-order valence-corrected chi connectivity index (χ1v) is 9.28. The van der Waals surface area contributed by atoms with Gasteiger partial charge in [-0.1, -0.05) is 35.5 Å². The van der Waals surface area contributed by atoms with Gasteiger partial charge in [0.05, 0.1) is 5.39 Å². The minimum Gasteiger partial charge on any atom is -0.462 e. The largest absolute Gasteiger partial charge is 0.462 e. The van der Waals surface area contributed by atoms with Crippen LogP contribution in [0.5, 0.6) is 0 Å². The van der Waals surface area contributed by atoms with Crippen molar-refractivity contribution in [2.24, 2.45) is 0 Å². The van der Waals surface area contributed by atoms with Crippen LogP contribution in [0.4, 0.5) is 11.5 Å². The highest BCUT2D eigenvalue weighted by Gasteiger charge is 2.22. The summed E-state index contributed by atoms with van der Waals surface area (Å²) in [7, 11) is 0. The average molecular weight is 365 g/mol.